The number of nitrogens with zero attached hydrogens (tertiary/aromatic N) is 4. The van der Waals surface area contributed by atoms with E-state index in [1.165, 1.54) is 4.90 Å². The second-order valence-corrected chi connectivity index (χ2v) is 7.37. The number of hydrogen-bond acceptors (Lipinski definition) is 5. The van der Waals surface area contributed by atoms with Crippen LogP contribution in [0.4, 0.5) is 5.82 Å². The van der Waals surface area contributed by atoms with Crippen molar-refractivity contribution in [3.8, 4) is 0 Å². The fraction of sp³-hybridized carbons (Fsp3) is 0.318. The Balaban J connectivity index is 1.66. The van der Waals surface area contributed by atoms with E-state index < -0.39 is 0 Å². The first-order valence-corrected chi connectivity index (χ1v) is 9.52. The third-order valence-corrected chi connectivity index (χ3v) is 5.48. The number of hydrogen-bond donors (Lipinski definition) is 0. The molecule has 0 unspecified atom stereocenters. The Bertz CT molecular complexity index is 960. The summed E-state index contributed by atoms with van der Waals surface area (Å²) in [5.41, 5.74) is 4.04. The molecule has 6 nitrogen and oxygen atoms in total. The highest BCUT2D eigenvalue weighted by molar-refractivity contribution is 6.35. The lowest BCUT2D eigenvalue weighted by atomic mass is 9.97. The summed E-state index contributed by atoms with van der Waals surface area (Å²) in [6, 6.07) is 11.9. The average Bonchev–Trinajstić information content (AvgIpc) is 2.93. The van der Waals surface area contributed by atoms with Gasteiger partial charge in [0, 0.05) is 39.4 Å². The topological polar surface area (TPSA) is 56.8 Å². The van der Waals surface area contributed by atoms with Gasteiger partial charge in [-0.3, -0.25) is 14.5 Å². The van der Waals surface area contributed by atoms with E-state index in [0.29, 0.717) is 24.4 Å². The Labute approximate surface area is 165 Å². The molecule has 2 aliphatic heterocycles. The third kappa shape index (κ3) is 3.05. The number of rotatable bonds is 3. The SMILES string of the molecule is Cc1ccc(C2=C(N3CCN(c4ccccn4)CC3)C(=O)N(C)C2=O)c(C)c1. The second kappa shape index (κ2) is 7.11. The largest absolute Gasteiger partial charge is 0.363 e. The zero-order valence-corrected chi connectivity index (χ0v) is 16.5. The summed E-state index contributed by atoms with van der Waals surface area (Å²) in [4.78, 5) is 35.7. The Hall–Kier alpha value is -3.15. The first-order valence-electron chi connectivity index (χ1n) is 9.52. The number of amides is 2. The Morgan fingerprint density at radius 1 is 0.893 bits per heavy atom. The number of carbonyl (C=O) groups is 2. The van der Waals surface area contributed by atoms with Crippen LogP contribution < -0.4 is 4.90 Å². The minimum atomic E-state index is -0.223. The highest BCUT2D eigenvalue weighted by Gasteiger charge is 2.40. The van der Waals surface area contributed by atoms with E-state index in [0.717, 1.165) is 35.6 Å². The van der Waals surface area contributed by atoms with Crippen LogP contribution in [0.3, 0.4) is 0 Å². The van der Waals surface area contributed by atoms with Crippen molar-refractivity contribution in [3.63, 3.8) is 0 Å². The molecule has 2 aromatic rings. The molecule has 0 aliphatic carbocycles. The average molecular weight is 376 g/mol. The number of aromatic nitrogens is 1. The monoisotopic (exact) mass is 376 g/mol. The van der Waals surface area contributed by atoms with Crippen LogP contribution >= 0.6 is 0 Å². The van der Waals surface area contributed by atoms with Gasteiger partial charge in [0.15, 0.2) is 0 Å². The van der Waals surface area contributed by atoms with Gasteiger partial charge in [0.05, 0.1) is 5.57 Å². The molecular weight excluding hydrogens is 352 g/mol. The lowest BCUT2D eigenvalue weighted by molar-refractivity contribution is -0.135. The Morgan fingerprint density at radius 2 is 1.61 bits per heavy atom. The number of anilines is 1. The molecule has 0 bridgehead atoms. The van der Waals surface area contributed by atoms with Crippen LogP contribution in [0, 0.1) is 13.8 Å². The fourth-order valence-electron chi connectivity index (χ4n) is 3.96. The first-order chi connectivity index (χ1) is 13.5. The zero-order valence-electron chi connectivity index (χ0n) is 16.5. The third-order valence-electron chi connectivity index (χ3n) is 5.48. The summed E-state index contributed by atoms with van der Waals surface area (Å²) in [6.45, 7) is 6.87. The van der Waals surface area contributed by atoms with E-state index in [1.54, 1.807) is 13.2 Å². The maximum absolute atomic E-state index is 12.9. The number of pyridine rings is 1. The molecule has 2 amide bonds. The van der Waals surface area contributed by atoms with E-state index in [4.69, 9.17) is 0 Å². The molecule has 0 N–H and O–H groups in total. The van der Waals surface area contributed by atoms with Gasteiger partial charge in [0.2, 0.25) is 0 Å². The maximum Gasteiger partial charge on any atom is 0.277 e. The highest BCUT2D eigenvalue weighted by atomic mass is 16.2. The normalized spacial score (nSPS) is 17.8. The minimum absolute atomic E-state index is 0.216. The Kier molecular flexibility index (Phi) is 4.63. The van der Waals surface area contributed by atoms with E-state index in [9.17, 15) is 9.59 Å². The van der Waals surface area contributed by atoms with Gasteiger partial charge < -0.3 is 9.80 Å². The van der Waals surface area contributed by atoms with E-state index in [1.807, 2.05) is 44.2 Å². The molecule has 144 valence electrons. The smallest absolute Gasteiger partial charge is 0.277 e. The summed E-state index contributed by atoms with van der Waals surface area (Å²) >= 11 is 0. The standard InChI is InChI=1S/C22H24N4O2/c1-15-7-8-17(16(2)14-15)19-20(22(28)24(3)21(19)27)26-12-10-25(11-13-26)18-6-4-5-9-23-18/h4-9,14H,10-13H2,1-3H3. The lowest BCUT2D eigenvalue weighted by Gasteiger charge is -2.37. The molecule has 6 heteroatoms. The van der Waals surface area contributed by atoms with Gasteiger partial charge >= 0.3 is 0 Å². The van der Waals surface area contributed by atoms with Crippen molar-refractivity contribution in [3.05, 3.63) is 65.0 Å². The molecule has 4 rings (SSSR count). The van der Waals surface area contributed by atoms with Gasteiger partial charge in [0.1, 0.15) is 11.5 Å². The quantitative estimate of drug-likeness (QED) is 0.769. The van der Waals surface area contributed by atoms with Crippen LogP contribution in [0.5, 0.6) is 0 Å². The van der Waals surface area contributed by atoms with E-state index >= 15 is 0 Å². The van der Waals surface area contributed by atoms with Gasteiger partial charge in [0.25, 0.3) is 11.8 Å². The van der Waals surface area contributed by atoms with Crippen molar-refractivity contribution < 1.29 is 9.59 Å². The van der Waals surface area contributed by atoms with Crippen molar-refractivity contribution in [2.75, 3.05) is 38.1 Å². The second-order valence-electron chi connectivity index (χ2n) is 7.37. The fourth-order valence-corrected chi connectivity index (χ4v) is 3.96. The van der Waals surface area contributed by atoms with Gasteiger partial charge in [-0.2, -0.15) is 0 Å². The number of aryl methyl sites for hydroxylation is 2. The predicted octanol–water partition coefficient (Wildman–Crippen LogP) is 2.23. The van der Waals surface area contributed by atoms with Crippen LogP contribution in [0.2, 0.25) is 0 Å². The van der Waals surface area contributed by atoms with Crippen molar-refractivity contribution in [2.45, 2.75) is 13.8 Å². The number of likely N-dealkylation sites (N-methyl/N-ethyl adjacent to an activating group) is 1. The molecule has 1 aromatic carbocycles. The number of benzene rings is 1. The highest BCUT2D eigenvalue weighted by Crippen LogP contribution is 2.33. The van der Waals surface area contributed by atoms with E-state index in [-0.39, 0.29) is 11.8 Å². The van der Waals surface area contributed by atoms with Crippen LogP contribution in [0.1, 0.15) is 16.7 Å². The summed E-state index contributed by atoms with van der Waals surface area (Å²) in [5, 5.41) is 0. The van der Waals surface area contributed by atoms with Gasteiger partial charge in [-0.1, -0.05) is 29.8 Å². The molecule has 28 heavy (non-hydrogen) atoms. The summed E-state index contributed by atoms with van der Waals surface area (Å²) < 4.78 is 0. The molecule has 0 saturated carbocycles. The lowest BCUT2D eigenvalue weighted by Crippen LogP contribution is -2.47. The zero-order chi connectivity index (χ0) is 19.8. The van der Waals surface area contributed by atoms with E-state index in [2.05, 4.69) is 20.9 Å². The molecule has 0 radical (unpaired) electrons. The molecular formula is C22H24N4O2. The molecule has 1 fully saturated rings. The molecule has 1 aromatic heterocycles. The van der Waals surface area contributed by atoms with Crippen LogP contribution in [0.15, 0.2) is 48.3 Å². The summed E-state index contributed by atoms with van der Waals surface area (Å²) in [6.07, 6.45) is 1.79. The number of imide groups is 1. The maximum atomic E-state index is 12.9. The molecule has 0 spiro atoms. The molecule has 0 atom stereocenters. The number of carbonyl (C=O) groups excluding carboxylic acids is 2. The molecule has 1 saturated heterocycles. The minimum Gasteiger partial charge on any atom is -0.363 e. The van der Waals surface area contributed by atoms with Crippen molar-refractivity contribution >= 4 is 23.2 Å². The number of piperazine rings is 1. The van der Waals surface area contributed by atoms with Crippen molar-refractivity contribution in [2.24, 2.45) is 0 Å². The molecule has 2 aliphatic rings. The van der Waals surface area contributed by atoms with Crippen LogP contribution in [-0.4, -0.2) is 59.8 Å². The molecule has 3 heterocycles. The summed E-state index contributed by atoms with van der Waals surface area (Å²) in [5.74, 6) is 0.502. The predicted molar refractivity (Wildman–Crippen MR) is 109 cm³/mol. The van der Waals surface area contributed by atoms with Crippen molar-refractivity contribution in [1.29, 1.82) is 0 Å². The van der Waals surface area contributed by atoms with Gasteiger partial charge in [-0.15, -0.1) is 0 Å². The van der Waals surface area contributed by atoms with Crippen LogP contribution in [0.25, 0.3) is 5.57 Å². The summed E-state index contributed by atoms with van der Waals surface area (Å²) in [7, 11) is 1.56. The van der Waals surface area contributed by atoms with Crippen LogP contribution in [-0.2, 0) is 9.59 Å². The van der Waals surface area contributed by atoms with Gasteiger partial charge in [-0.05, 0) is 37.1 Å². The Morgan fingerprint density at radius 3 is 2.25 bits per heavy atom. The van der Waals surface area contributed by atoms with Gasteiger partial charge in [-0.25, -0.2) is 4.98 Å². The van der Waals surface area contributed by atoms with Crippen molar-refractivity contribution in [1.82, 2.24) is 14.8 Å². The first kappa shape index (κ1) is 18.2.